The van der Waals surface area contributed by atoms with Gasteiger partial charge in [-0.1, -0.05) is 31.9 Å². The summed E-state index contributed by atoms with van der Waals surface area (Å²) in [6.45, 7) is 6.46. The van der Waals surface area contributed by atoms with Crippen LogP contribution in [0.5, 0.6) is 0 Å². The molecular weight excluding hydrogens is 244 g/mol. The summed E-state index contributed by atoms with van der Waals surface area (Å²) in [4.78, 5) is 0. The molecule has 2 heteroatoms. The van der Waals surface area contributed by atoms with Crippen LogP contribution < -0.4 is 4.40 Å². The second-order valence-corrected chi connectivity index (χ2v) is 5.09. The van der Waals surface area contributed by atoms with Crippen LogP contribution in [0.1, 0.15) is 52.1 Å². The number of hydrogen-bond donors (Lipinski definition) is 0. The van der Waals surface area contributed by atoms with Gasteiger partial charge in [0.1, 0.15) is 11.9 Å². The van der Waals surface area contributed by atoms with E-state index in [2.05, 4.69) is 78.6 Å². The number of aromatic nitrogens is 2. The molecule has 2 nitrogen and oxygen atoms in total. The normalized spacial score (nSPS) is 12.7. The Morgan fingerprint density at radius 2 is 2.10 bits per heavy atom. The Morgan fingerprint density at radius 1 is 1.25 bits per heavy atom. The van der Waals surface area contributed by atoms with E-state index in [4.69, 9.17) is 0 Å². The van der Waals surface area contributed by atoms with Crippen molar-refractivity contribution in [2.24, 2.45) is 0 Å². The lowest BCUT2D eigenvalue weighted by molar-refractivity contribution is -0.510. The molecule has 0 fully saturated rings. The number of unbranched alkanes of at least 4 members (excludes halogenated alkanes) is 2. The second kappa shape index (κ2) is 7.09. The van der Waals surface area contributed by atoms with Gasteiger partial charge in [-0.25, -0.2) is 4.40 Å². The Balaban J connectivity index is 2.46. The van der Waals surface area contributed by atoms with E-state index in [1.165, 1.54) is 36.3 Å². The van der Waals surface area contributed by atoms with Crippen molar-refractivity contribution in [2.45, 2.75) is 46.5 Å². The Hall–Kier alpha value is -1.83. The molecule has 0 radical (unpaired) electrons. The summed E-state index contributed by atoms with van der Waals surface area (Å²) in [6, 6.07) is 6.35. The fourth-order valence-electron chi connectivity index (χ4n) is 2.62. The van der Waals surface area contributed by atoms with Crippen LogP contribution in [0, 0.1) is 0 Å². The zero-order chi connectivity index (χ0) is 14.4. The lowest BCUT2D eigenvalue weighted by Gasteiger charge is -2.05. The summed E-state index contributed by atoms with van der Waals surface area (Å²) in [5, 5.41) is 0. The molecule has 106 valence electrons. The van der Waals surface area contributed by atoms with E-state index in [9.17, 15) is 0 Å². The predicted octanol–water partition coefficient (Wildman–Crippen LogP) is 4.70. The number of pyridine rings is 1. The molecule has 0 aromatic carbocycles. The Bertz CT molecular complexity index is 617. The zero-order valence-electron chi connectivity index (χ0n) is 12.8. The summed E-state index contributed by atoms with van der Waals surface area (Å²) < 4.78 is 4.56. The van der Waals surface area contributed by atoms with Gasteiger partial charge >= 0.3 is 0 Å². The molecule has 0 atom stereocenters. The number of nitrogens with zero attached hydrogens (tertiary/aromatic N) is 2. The van der Waals surface area contributed by atoms with Gasteiger partial charge < -0.3 is 0 Å². The number of allylic oxidation sites excluding steroid dienone is 3. The third kappa shape index (κ3) is 3.01. The van der Waals surface area contributed by atoms with Gasteiger partial charge in [-0.15, -0.1) is 0 Å². The molecule has 0 bridgehead atoms. The summed E-state index contributed by atoms with van der Waals surface area (Å²) >= 11 is 0. The molecule has 0 amide bonds. The van der Waals surface area contributed by atoms with E-state index in [1.807, 2.05) is 0 Å². The molecule has 2 heterocycles. The topological polar surface area (TPSA) is 9.03 Å². The van der Waals surface area contributed by atoms with E-state index in [1.54, 1.807) is 0 Å². The molecule has 2 rings (SSSR count). The Morgan fingerprint density at radius 3 is 2.80 bits per heavy atom. The number of fused-ring (bicyclic) bond motifs is 1. The highest BCUT2D eigenvalue weighted by atomic mass is 15.1. The predicted molar refractivity (Wildman–Crippen MR) is 86.4 cm³/mol. The molecule has 0 aliphatic rings. The van der Waals surface area contributed by atoms with Crippen molar-refractivity contribution in [3.05, 3.63) is 48.4 Å². The van der Waals surface area contributed by atoms with Crippen LogP contribution in [-0.2, 0) is 0 Å². The van der Waals surface area contributed by atoms with Gasteiger partial charge in [0.2, 0.25) is 0 Å². The van der Waals surface area contributed by atoms with Crippen LogP contribution in [0.4, 0.5) is 0 Å². The molecule has 2 aromatic rings. The van der Waals surface area contributed by atoms with E-state index < -0.39 is 0 Å². The number of imidazole rings is 1. The fraction of sp³-hybridized carbons (Fsp3) is 0.389. The smallest absolute Gasteiger partial charge is 0.202 e. The lowest BCUT2D eigenvalue weighted by atomic mass is 10.1. The largest absolute Gasteiger partial charge is 0.291 e. The molecule has 0 saturated carbocycles. The minimum absolute atomic E-state index is 1.13. The summed E-state index contributed by atoms with van der Waals surface area (Å²) in [5.41, 5.74) is 3.86. The molecule has 0 N–H and O–H groups in total. The Labute approximate surface area is 122 Å². The SMILES string of the molecule is CC=Cc1c[n+]2ccccc2n1C(=CC)CCCCC. The maximum atomic E-state index is 2.37. The lowest BCUT2D eigenvalue weighted by Crippen LogP contribution is -2.17. The molecule has 0 unspecified atom stereocenters. The van der Waals surface area contributed by atoms with E-state index in [0.717, 1.165) is 6.42 Å². The molecule has 0 saturated heterocycles. The van der Waals surface area contributed by atoms with Gasteiger partial charge in [-0.05, 0) is 38.5 Å². The van der Waals surface area contributed by atoms with Crippen molar-refractivity contribution in [1.82, 2.24) is 4.57 Å². The average molecular weight is 269 g/mol. The highest BCUT2D eigenvalue weighted by Gasteiger charge is 2.18. The van der Waals surface area contributed by atoms with Crippen molar-refractivity contribution in [1.29, 1.82) is 0 Å². The standard InChI is InChI=1S/C18H25N2/c1-4-7-8-12-16(6-3)20-17(11-5-2)15-19-14-10-9-13-18(19)20/h5-6,9-11,13-15H,4,7-8,12H2,1-3H3/q+1. The number of hydrogen-bond acceptors (Lipinski definition) is 0. The third-order valence-corrected chi connectivity index (χ3v) is 3.62. The first-order valence-electron chi connectivity index (χ1n) is 7.61. The van der Waals surface area contributed by atoms with Gasteiger partial charge in [0.15, 0.2) is 5.69 Å². The van der Waals surface area contributed by atoms with Crippen molar-refractivity contribution >= 4 is 17.4 Å². The van der Waals surface area contributed by atoms with Crippen molar-refractivity contribution in [3.63, 3.8) is 0 Å². The Kier molecular flexibility index (Phi) is 5.16. The van der Waals surface area contributed by atoms with Crippen LogP contribution in [0.25, 0.3) is 17.4 Å². The maximum absolute atomic E-state index is 2.37. The monoisotopic (exact) mass is 269 g/mol. The van der Waals surface area contributed by atoms with Gasteiger partial charge in [0.05, 0.1) is 6.20 Å². The van der Waals surface area contributed by atoms with E-state index in [-0.39, 0.29) is 0 Å². The molecular formula is C18H25N2+. The highest BCUT2D eigenvalue weighted by Crippen LogP contribution is 2.20. The van der Waals surface area contributed by atoms with Gasteiger partial charge in [0.25, 0.3) is 5.65 Å². The first-order chi connectivity index (χ1) is 9.81. The van der Waals surface area contributed by atoms with Crippen molar-refractivity contribution < 1.29 is 4.40 Å². The minimum atomic E-state index is 1.13. The van der Waals surface area contributed by atoms with E-state index >= 15 is 0 Å². The molecule has 0 aliphatic carbocycles. The number of rotatable bonds is 6. The van der Waals surface area contributed by atoms with E-state index in [0.29, 0.717) is 0 Å². The molecule has 0 aliphatic heterocycles. The van der Waals surface area contributed by atoms with Crippen LogP contribution in [0.15, 0.2) is 42.7 Å². The maximum Gasteiger partial charge on any atom is 0.291 e. The summed E-state index contributed by atoms with van der Waals surface area (Å²) in [5.74, 6) is 0. The fourth-order valence-corrected chi connectivity index (χ4v) is 2.62. The highest BCUT2D eigenvalue weighted by molar-refractivity contribution is 5.61. The average Bonchev–Trinajstić information content (AvgIpc) is 2.82. The molecule has 0 spiro atoms. The summed E-state index contributed by atoms with van der Waals surface area (Å²) in [7, 11) is 0. The second-order valence-electron chi connectivity index (χ2n) is 5.09. The van der Waals surface area contributed by atoms with Gasteiger partial charge in [0, 0.05) is 12.5 Å². The zero-order valence-corrected chi connectivity index (χ0v) is 12.8. The van der Waals surface area contributed by atoms with Crippen LogP contribution in [-0.4, -0.2) is 4.57 Å². The van der Waals surface area contributed by atoms with Crippen molar-refractivity contribution in [2.75, 3.05) is 0 Å². The third-order valence-electron chi connectivity index (χ3n) is 3.62. The van der Waals surface area contributed by atoms with Crippen LogP contribution >= 0.6 is 0 Å². The van der Waals surface area contributed by atoms with Crippen LogP contribution in [0.3, 0.4) is 0 Å². The molecule has 20 heavy (non-hydrogen) atoms. The quantitative estimate of drug-likeness (QED) is 0.531. The van der Waals surface area contributed by atoms with Crippen LogP contribution in [0.2, 0.25) is 0 Å². The first-order valence-corrected chi connectivity index (χ1v) is 7.61. The first kappa shape index (κ1) is 14.6. The molecule has 2 aromatic heterocycles. The van der Waals surface area contributed by atoms with Gasteiger partial charge in [-0.2, -0.15) is 4.57 Å². The minimum Gasteiger partial charge on any atom is -0.202 e. The summed E-state index contributed by atoms with van der Waals surface area (Å²) in [6.07, 6.45) is 15.8. The van der Waals surface area contributed by atoms with Crippen molar-refractivity contribution in [3.8, 4) is 0 Å². The van der Waals surface area contributed by atoms with Gasteiger partial charge in [-0.3, -0.25) is 0 Å².